The molecule has 0 bridgehead atoms. The van der Waals surface area contributed by atoms with Crippen molar-refractivity contribution in [1.82, 2.24) is 9.55 Å². The standard InChI is InChI=1S/C19H14ClF4N3O3/c1-10(17(29)25-13-7-6-11(21)8-12(13)20)30-16(28)9-27-15-5-3-2-4-14(15)26-18(27)19(22,23)24/h2-8,10H,9H2,1H3,(H,25,29). The normalized spacial score (nSPS) is 12.6. The number of carbonyl (C=O) groups excluding carboxylic acids is 2. The van der Waals surface area contributed by atoms with Gasteiger partial charge >= 0.3 is 12.1 Å². The molecule has 2 aromatic carbocycles. The lowest BCUT2D eigenvalue weighted by molar-refractivity contribution is -0.156. The second kappa shape index (κ2) is 8.31. The molecule has 158 valence electrons. The zero-order valence-electron chi connectivity index (χ0n) is 15.3. The first kappa shape index (κ1) is 21.6. The number of anilines is 1. The largest absolute Gasteiger partial charge is 0.451 e. The predicted molar refractivity (Wildman–Crippen MR) is 100 cm³/mol. The quantitative estimate of drug-likeness (QED) is 0.468. The molecule has 0 aliphatic rings. The zero-order chi connectivity index (χ0) is 22.1. The van der Waals surface area contributed by atoms with Crippen molar-refractivity contribution in [2.45, 2.75) is 25.7 Å². The number of halogens is 5. The van der Waals surface area contributed by atoms with E-state index in [0.717, 1.165) is 12.1 Å². The van der Waals surface area contributed by atoms with Gasteiger partial charge in [-0.25, -0.2) is 9.37 Å². The zero-order valence-corrected chi connectivity index (χ0v) is 16.1. The molecular formula is C19H14ClF4N3O3. The molecular weight excluding hydrogens is 430 g/mol. The van der Waals surface area contributed by atoms with E-state index in [1.54, 1.807) is 0 Å². The summed E-state index contributed by atoms with van der Waals surface area (Å²) in [5.74, 6) is -3.72. The lowest BCUT2D eigenvalue weighted by atomic mass is 10.3. The van der Waals surface area contributed by atoms with Crippen LogP contribution in [0.1, 0.15) is 12.7 Å². The third-order valence-electron chi connectivity index (χ3n) is 4.06. The highest BCUT2D eigenvalue weighted by molar-refractivity contribution is 6.33. The Morgan fingerprint density at radius 2 is 1.93 bits per heavy atom. The maximum Gasteiger partial charge on any atom is 0.449 e. The molecule has 0 fully saturated rings. The number of ether oxygens (including phenoxy) is 1. The van der Waals surface area contributed by atoms with Crippen LogP contribution >= 0.6 is 11.6 Å². The lowest BCUT2D eigenvalue weighted by Gasteiger charge is -2.16. The second-order valence-corrected chi connectivity index (χ2v) is 6.66. The molecule has 3 aromatic rings. The summed E-state index contributed by atoms with van der Waals surface area (Å²) in [7, 11) is 0. The van der Waals surface area contributed by atoms with Gasteiger partial charge in [0.1, 0.15) is 12.4 Å². The number of para-hydroxylation sites is 2. The maximum absolute atomic E-state index is 13.3. The number of alkyl halides is 3. The number of hydrogen-bond donors (Lipinski definition) is 1. The number of esters is 1. The van der Waals surface area contributed by atoms with Crippen molar-refractivity contribution in [2.24, 2.45) is 0 Å². The smallest absolute Gasteiger partial charge is 0.449 e. The van der Waals surface area contributed by atoms with Crippen molar-refractivity contribution in [2.75, 3.05) is 5.32 Å². The molecule has 0 saturated heterocycles. The van der Waals surface area contributed by atoms with Crippen LogP contribution in [-0.4, -0.2) is 27.5 Å². The molecule has 1 amide bonds. The van der Waals surface area contributed by atoms with Crippen LogP contribution in [0.5, 0.6) is 0 Å². The first-order valence-electron chi connectivity index (χ1n) is 8.54. The van der Waals surface area contributed by atoms with E-state index in [0.29, 0.717) is 4.57 Å². The summed E-state index contributed by atoms with van der Waals surface area (Å²) in [6.45, 7) is 0.436. The van der Waals surface area contributed by atoms with Crippen LogP contribution in [0, 0.1) is 5.82 Å². The van der Waals surface area contributed by atoms with Crippen LogP contribution < -0.4 is 5.32 Å². The van der Waals surface area contributed by atoms with E-state index in [-0.39, 0.29) is 21.7 Å². The molecule has 0 aliphatic heterocycles. The highest BCUT2D eigenvalue weighted by Crippen LogP contribution is 2.31. The van der Waals surface area contributed by atoms with Crippen LogP contribution in [-0.2, 0) is 27.0 Å². The van der Waals surface area contributed by atoms with Gasteiger partial charge in [0.2, 0.25) is 5.82 Å². The molecule has 6 nitrogen and oxygen atoms in total. The highest BCUT2D eigenvalue weighted by atomic mass is 35.5. The number of carbonyl (C=O) groups is 2. The van der Waals surface area contributed by atoms with Crippen molar-refractivity contribution in [3.63, 3.8) is 0 Å². The van der Waals surface area contributed by atoms with Gasteiger partial charge in [-0.1, -0.05) is 23.7 Å². The van der Waals surface area contributed by atoms with Crippen LogP contribution in [0.15, 0.2) is 42.5 Å². The molecule has 1 atom stereocenters. The minimum atomic E-state index is -4.79. The highest BCUT2D eigenvalue weighted by Gasteiger charge is 2.38. The molecule has 3 rings (SSSR count). The Labute approximate surface area is 172 Å². The van der Waals surface area contributed by atoms with Gasteiger partial charge in [-0.05, 0) is 37.3 Å². The molecule has 1 aromatic heterocycles. The summed E-state index contributed by atoms with van der Waals surface area (Å²) in [5.41, 5.74) is 0.247. The number of benzene rings is 2. The minimum absolute atomic E-state index is 0.0642. The van der Waals surface area contributed by atoms with Crippen LogP contribution in [0.4, 0.5) is 23.2 Å². The number of fused-ring (bicyclic) bond motifs is 1. The second-order valence-electron chi connectivity index (χ2n) is 6.25. The minimum Gasteiger partial charge on any atom is -0.451 e. The number of imidazole rings is 1. The van der Waals surface area contributed by atoms with Crippen molar-refractivity contribution >= 4 is 40.2 Å². The number of hydrogen-bond acceptors (Lipinski definition) is 4. The van der Waals surface area contributed by atoms with Gasteiger partial charge in [0, 0.05) is 0 Å². The van der Waals surface area contributed by atoms with Crippen molar-refractivity contribution < 1.29 is 31.9 Å². The third kappa shape index (κ3) is 4.70. The van der Waals surface area contributed by atoms with Gasteiger partial charge in [0.25, 0.3) is 5.91 Å². The third-order valence-corrected chi connectivity index (χ3v) is 4.37. The molecule has 1 heterocycles. The van der Waals surface area contributed by atoms with Crippen molar-refractivity contribution in [3.8, 4) is 0 Å². The molecule has 11 heteroatoms. The summed E-state index contributed by atoms with van der Waals surface area (Å²) in [6, 6.07) is 9.07. The number of amides is 1. The summed E-state index contributed by atoms with van der Waals surface area (Å²) in [4.78, 5) is 27.9. The summed E-state index contributed by atoms with van der Waals surface area (Å²) in [5, 5.41) is 2.28. The fraction of sp³-hybridized carbons (Fsp3) is 0.211. The Morgan fingerprint density at radius 1 is 1.23 bits per heavy atom. The first-order valence-corrected chi connectivity index (χ1v) is 8.92. The Bertz CT molecular complexity index is 1110. The number of rotatable bonds is 5. The number of nitrogens with zero attached hydrogens (tertiary/aromatic N) is 2. The fourth-order valence-corrected chi connectivity index (χ4v) is 2.91. The first-order chi connectivity index (χ1) is 14.1. The maximum atomic E-state index is 13.3. The molecule has 1 unspecified atom stereocenters. The monoisotopic (exact) mass is 443 g/mol. The molecule has 0 aliphatic carbocycles. The van der Waals surface area contributed by atoms with E-state index in [1.165, 1.54) is 37.3 Å². The Kier molecular flexibility index (Phi) is 5.97. The topological polar surface area (TPSA) is 73.2 Å². The molecule has 0 saturated carbocycles. The van der Waals surface area contributed by atoms with Gasteiger partial charge in [-0.2, -0.15) is 13.2 Å². The molecule has 1 N–H and O–H groups in total. The average molecular weight is 444 g/mol. The Morgan fingerprint density at radius 3 is 2.60 bits per heavy atom. The fourth-order valence-electron chi connectivity index (χ4n) is 2.69. The number of aromatic nitrogens is 2. The van der Waals surface area contributed by atoms with E-state index in [1.807, 2.05) is 0 Å². The van der Waals surface area contributed by atoms with E-state index < -0.39 is 42.3 Å². The van der Waals surface area contributed by atoms with Gasteiger partial charge in [-0.3, -0.25) is 9.59 Å². The van der Waals surface area contributed by atoms with Crippen LogP contribution in [0.25, 0.3) is 11.0 Å². The molecule has 0 spiro atoms. The van der Waals surface area contributed by atoms with Gasteiger partial charge in [0.15, 0.2) is 6.10 Å². The van der Waals surface area contributed by atoms with E-state index in [4.69, 9.17) is 16.3 Å². The van der Waals surface area contributed by atoms with Crippen molar-refractivity contribution in [3.05, 3.63) is 59.1 Å². The molecule has 30 heavy (non-hydrogen) atoms. The van der Waals surface area contributed by atoms with E-state index in [2.05, 4.69) is 10.3 Å². The van der Waals surface area contributed by atoms with Crippen LogP contribution in [0.3, 0.4) is 0 Å². The predicted octanol–water partition coefficient (Wildman–Crippen LogP) is 4.42. The lowest BCUT2D eigenvalue weighted by Crippen LogP contribution is -2.31. The molecule has 0 radical (unpaired) electrons. The van der Waals surface area contributed by atoms with Gasteiger partial charge in [-0.15, -0.1) is 0 Å². The number of nitrogens with one attached hydrogen (secondary N) is 1. The van der Waals surface area contributed by atoms with Gasteiger partial charge < -0.3 is 14.6 Å². The van der Waals surface area contributed by atoms with E-state index >= 15 is 0 Å². The Hall–Kier alpha value is -3.14. The van der Waals surface area contributed by atoms with E-state index in [9.17, 15) is 27.2 Å². The Balaban J connectivity index is 1.73. The van der Waals surface area contributed by atoms with Crippen LogP contribution in [0.2, 0.25) is 5.02 Å². The SMILES string of the molecule is CC(OC(=O)Cn1c(C(F)(F)F)nc2ccccc21)C(=O)Nc1ccc(F)cc1Cl. The van der Waals surface area contributed by atoms with Gasteiger partial charge in [0.05, 0.1) is 21.7 Å². The average Bonchev–Trinajstić information content (AvgIpc) is 3.03. The van der Waals surface area contributed by atoms with Crippen molar-refractivity contribution in [1.29, 1.82) is 0 Å². The summed E-state index contributed by atoms with van der Waals surface area (Å²) in [6.07, 6.45) is -6.13. The summed E-state index contributed by atoms with van der Waals surface area (Å²) >= 11 is 5.82. The summed E-state index contributed by atoms with van der Waals surface area (Å²) < 4.78 is 58.6.